The Hall–Kier alpha value is -1.10. The first-order valence-electron chi connectivity index (χ1n) is 4.10. The number of carbonyl (C=O) groups excluding carboxylic acids is 2. The maximum absolute atomic E-state index is 10.9. The summed E-state index contributed by atoms with van der Waals surface area (Å²) in [6.07, 6.45) is 0.391. The fraction of sp³-hybridized carbons (Fsp3) is 0.750. The molecule has 5 nitrogen and oxygen atoms in total. The maximum atomic E-state index is 10.9. The SMILES string of the molecule is CCOC(=O)C(N)CCC(=O)OC. The molecule has 2 N–H and O–H groups in total. The van der Waals surface area contributed by atoms with Crippen molar-refractivity contribution >= 4 is 11.9 Å². The molecule has 13 heavy (non-hydrogen) atoms. The third-order valence-electron chi connectivity index (χ3n) is 1.48. The first kappa shape index (κ1) is 11.9. The van der Waals surface area contributed by atoms with E-state index in [-0.39, 0.29) is 18.8 Å². The minimum absolute atomic E-state index is 0.135. The first-order chi connectivity index (χ1) is 6.11. The Labute approximate surface area is 77.2 Å². The third-order valence-corrected chi connectivity index (χ3v) is 1.48. The molecule has 0 heterocycles. The Bertz CT molecular complexity index is 181. The summed E-state index contributed by atoms with van der Waals surface area (Å²) in [7, 11) is 1.29. The van der Waals surface area contributed by atoms with E-state index in [0.29, 0.717) is 6.61 Å². The molecule has 0 aliphatic heterocycles. The Morgan fingerprint density at radius 1 is 1.46 bits per heavy atom. The zero-order valence-corrected chi connectivity index (χ0v) is 7.91. The fourth-order valence-corrected chi connectivity index (χ4v) is 0.743. The summed E-state index contributed by atoms with van der Waals surface area (Å²) in [6.45, 7) is 2.00. The van der Waals surface area contributed by atoms with E-state index in [2.05, 4.69) is 9.47 Å². The van der Waals surface area contributed by atoms with Crippen LogP contribution in [-0.4, -0.2) is 31.7 Å². The molecule has 0 radical (unpaired) electrons. The van der Waals surface area contributed by atoms with Crippen LogP contribution in [0.3, 0.4) is 0 Å². The number of carbonyl (C=O) groups is 2. The van der Waals surface area contributed by atoms with Gasteiger partial charge < -0.3 is 15.2 Å². The molecule has 76 valence electrons. The number of ether oxygens (including phenoxy) is 2. The molecule has 0 rings (SSSR count). The van der Waals surface area contributed by atoms with Gasteiger partial charge in [0, 0.05) is 6.42 Å². The standard InChI is InChI=1S/C8H15NO4/c1-3-13-8(11)6(9)4-5-7(10)12-2/h6H,3-5,9H2,1-2H3. The van der Waals surface area contributed by atoms with Crippen LogP contribution < -0.4 is 5.73 Å². The predicted molar refractivity (Wildman–Crippen MR) is 45.9 cm³/mol. The van der Waals surface area contributed by atoms with E-state index in [9.17, 15) is 9.59 Å². The molecule has 5 heteroatoms. The number of esters is 2. The van der Waals surface area contributed by atoms with Crippen molar-refractivity contribution in [1.29, 1.82) is 0 Å². The molecule has 1 unspecified atom stereocenters. The van der Waals surface area contributed by atoms with Gasteiger partial charge in [0.25, 0.3) is 0 Å². The molecule has 1 atom stereocenters. The Morgan fingerprint density at radius 3 is 2.54 bits per heavy atom. The zero-order chi connectivity index (χ0) is 10.3. The van der Waals surface area contributed by atoms with Crippen LogP contribution in [-0.2, 0) is 19.1 Å². The van der Waals surface area contributed by atoms with Gasteiger partial charge in [-0.3, -0.25) is 9.59 Å². The minimum Gasteiger partial charge on any atom is -0.469 e. The van der Waals surface area contributed by atoms with E-state index in [1.165, 1.54) is 7.11 Å². The van der Waals surface area contributed by atoms with Crippen LogP contribution in [0.15, 0.2) is 0 Å². The molecule has 0 saturated carbocycles. The van der Waals surface area contributed by atoms with Crippen molar-refractivity contribution in [1.82, 2.24) is 0 Å². The molecule has 0 aromatic heterocycles. The molecular weight excluding hydrogens is 174 g/mol. The average Bonchev–Trinajstić information content (AvgIpc) is 2.13. The summed E-state index contributed by atoms with van der Waals surface area (Å²) in [6, 6.07) is -0.737. The smallest absolute Gasteiger partial charge is 0.322 e. The molecule has 0 aromatic carbocycles. The topological polar surface area (TPSA) is 78.6 Å². The summed E-state index contributed by atoms with van der Waals surface area (Å²) in [4.78, 5) is 21.6. The summed E-state index contributed by atoms with van der Waals surface area (Å²) in [5.74, 6) is -0.855. The van der Waals surface area contributed by atoms with Crippen LogP contribution in [0.25, 0.3) is 0 Å². The van der Waals surface area contributed by atoms with E-state index >= 15 is 0 Å². The fourth-order valence-electron chi connectivity index (χ4n) is 0.743. The lowest BCUT2D eigenvalue weighted by Crippen LogP contribution is -2.32. The predicted octanol–water partition coefficient (Wildman–Crippen LogP) is -0.170. The molecule has 0 amide bonds. The van der Waals surface area contributed by atoms with Gasteiger partial charge in [0.1, 0.15) is 6.04 Å². The highest BCUT2D eigenvalue weighted by Crippen LogP contribution is 1.98. The van der Waals surface area contributed by atoms with Crippen molar-refractivity contribution in [3.63, 3.8) is 0 Å². The van der Waals surface area contributed by atoms with Gasteiger partial charge in [-0.05, 0) is 13.3 Å². The Kier molecular flexibility index (Phi) is 5.88. The van der Waals surface area contributed by atoms with Crippen molar-refractivity contribution in [2.24, 2.45) is 5.73 Å². The molecule has 0 bridgehead atoms. The van der Waals surface area contributed by atoms with Gasteiger partial charge in [-0.2, -0.15) is 0 Å². The van der Waals surface area contributed by atoms with Crippen LogP contribution in [0, 0.1) is 0 Å². The second-order valence-corrected chi connectivity index (χ2v) is 2.47. The first-order valence-corrected chi connectivity index (χ1v) is 4.10. The third kappa shape index (κ3) is 5.19. The van der Waals surface area contributed by atoms with E-state index in [4.69, 9.17) is 5.73 Å². The maximum Gasteiger partial charge on any atom is 0.322 e. The lowest BCUT2D eigenvalue weighted by atomic mass is 10.2. The van der Waals surface area contributed by atoms with Gasteiger partial charge in [-0.1, -0.05) is 0 Å². The minimum atomic E-state index is -0.737. The molecule has 0 aliphatic rings. The van der Waals surface area contributed by atoms with Crippen molar-refractivity contribution in [2.45, 2.75) is 25.8 Å². The normalized spacial score (nSPS) is 11.9. The quantitative estimate of drug-likeness (QED) is 0.607. The van der Waals surface area contributed by atoms with Crippen molar-refractivity contribution < 1.29 is 19.1 Å². The van der Waals surface area contributed by atoms with Crippen molar-refractivity contribution in [3.8, 4) is 0 Å². The van der Waals surface area contributed by atoms with E-state index in [1.807, 2.05) is 0 Å². The number of nitrogens with two attached hydrogens (primary N) is 1. The molecule has 0 aromatic rings. The van der Waals surface area contributed by atoms with Gasteiger partial charge in [0.05, 0.1) is 13.7 Å². The van der Waals surface area contributed by atoms with Crippen LogP contribution in [0.2, 0.25) is 0 Å². The summed E-state index contributed by atoms with van der Waals surface area (Å²) in [5, 5.41) is 0. The molecule has 0 spiro atoms. The second kappa shape index (κ2) is 6.42. The second-order valence-electron chi connectivity index (χ2n) is 2.47. The number of rotatable bonds is 5. The highest BCUT2D eigenvalue weighted by molar-refractivity contribution is 5.77. The zero-order valence-electron chi connectivity index (χ0n) is 7.91. The Morgan fingerprint density at radius 2 is 2.08 bits per heavy atom. The van der Waals surface area contributed by atoms with Crippen molar-refractivity contribution in [3.05, 3.63) is 0 Å². The number of methoxy groups -OCH3 is 1. The molecule has 0 fully saturated rings. The van der Waals surface area contributed by atoms with Crippen LogP contribution in [0.1, 0.15) is 19.8 Å². The monoisotopic (exact) mass is 189 g/mol. The Balaban J connectivity index is 3.67. The highest BCUT2D eigenvalue weighted by Gasteiger charge is 2.15. The number of hydrogen-bond donors (Lipinski definition) is 1. The lowest BCUT2D eigenvalue weighted by molar-refractivity contribution is -0.145. The van der Waals surface area contributed by atoms with Crippen LogP contribution in [0.4, 0.5) is 0 Å². The average molecular weight is 189 g/mol. The van der Waals surface area contributed by atoms with Crippen LogP contribution >= 0.6 is 0 Å². The highest BCUT2D eigenvalue weighted by atomic mass is 16.5. The summed E-state index contributed by atoms with van der Waals surface area (Å²) >= 11 is 0. The molecule has 0 aliphatic carbocycles. The van der Waals surface area contributed by atoms with Gasteiger partial charge in [-0.25, -0.2) is 0 Å². The molecular formula is C8H15NO4. The molecule has 0 saturated heterocycles. The van der Waals surface area contributed by atoms with E-state index in [0.717, 1.165) is 0 Å². The van der Waals surface area contributed by atoms with E-state index in [1.54, 1.807) is 6.92 Å². The van der Waals surface area contributed by atoms with Gasteiger partial charge in [0.2, 0.25) is 0 Å². The summed E-state index contributed by atoms with van der Waals surface area (Å²) < 4.78 is 9.05. The van der Waals surface area contributed by atoms with Crippen LogP contribution in [0.5, 0.6) is 0 Å². The number of hydrogen-bond acceptors (Lipinski definition) is 5. The van der Waals surface area contributed by atoms with Gasteiger partial charge >= 0.3 is 11.9 Å². The van der Waals surface area contributed by atoms with E-state index < -0.39 is 12.0 Å². The lowest BCUT2D eigenvalue weighted by Gasteiger charge is -2.08. The van der Waals surface area contributed by atoms with Crippen molar-refractivity contribution in [2.75, 3.05) is 13.7 Å². The van der Waals surface area contributed by atoms with Gasteiger partial charge in [0.15, 0.2) is 0 Å². The van der Waals surface area contributed by atoms with Gasteiger partial charge in [-0.15, -0.1) is 0 Å². The largest absolute Gasteiger partial charge is 0.469 e. The summed E-state index contributed by atoms with van der Waals surface area (Å²) in [5.41, 5.74) is 5.42.